The molecular weight excluding hydrogens is 228 g/mol. The first-order valence-corrected chi connectivity index (χ1v) is 6.27. The first-order valence-electron chi connectivity index (χ1n) is 6.27. The minimum absolute atomic E-state index is 0.106. The fraction of sp³-hybridized carbons (Fsp3) is 0.385. The molecule has 0 aromatic carbocycles. The van der Waals surface area contributed by atoms with Gasteiger partial charge in [-0.15, -0.1) is 0 Å². The molecule has 18 heavy (non-hydrogen) atoms. The van der Waals surface area contributed by atoms with E-state index in [1.807, 2.05) is 33.8 Å². The van der Waals surface area contributed by atoms with Crippen molar-refractivity contribution < 1.29 is 4.79 Å². The van der Waals surface area contributed by atoms with Crippen LogP contribution in [0, 0.1) is 0 Å². The van der Waals surface area contributed by atoms with Crippen LogP contribution in [-0.2, 0) is 0 Å². The van der Waals surface area contributed by atoms with E-state index in [9.17, 15) is 4.79 Å². The van der Waals surface area contributed by atoms with Crippen molar-refractivity contribution in [1.29, 1.82) is 0 Å². The molecule has 1 aliphatic heterocycles. The molecule has 3 rings (SSSR count). The molecule has 0 spiro atoms. The van der Waals surface area contributed by atoms with Crippen LogP contribution in [0.1, 0.15) is 16.8 Å². The minimum atomic E-state index is 0.106. The summed E-state index contributed by atoms with van der Waals surface area (Å²) in [5.74, 6) is 0.106. The number of nitrogens with one attached hydrogen (secondary N) is 1. The molecule has 0 aliphatic carbocycles. The smallest absolute Gasteiger partial charge is 0.255 e. The predicted molar refractivity (Wildman–Crippen MR) is 68.6 cm³/mol. The summed E-state index contributed by atoms with van der Waals surface area (Å²) in [6, 6.07) is 3.73. The van der Waals surface area contributed by atoms with E-state index < -0.39 is 0 Å². The van der Waals surface area contributed by atoms with E-state index in [2.05, 4.69) is 10.3 Å². The lowest BCUT2D eigenvalue weighted by atomic mass is 10.2. The molecule has 1 aliphatic rings. The van der Waals surface area contributed by atoms with E-state index >= 15 is 0 Å². The van der Waals surface area contributed by atoms with E-state index in [1.54, 1.807) is 6.20 Å². The van der Waals surface area contributed by atoms with E-state index in [1.165, 1.54) is 0 Å². The monoisotopic (exact) mass is 244 g/mol. The number of aromatic nitrogens is 2. The second-order valence-electron chi connectivity index (χ2n) is 4.51. The molecule has 94 valence electrons. The lowest BCUT2D eigenvalue weighted by Crippen LogP contribution is -2.34. The van der Waals surface area contributed by atoms with Gasteiger partial charge < -0.3 is 14.6 Å². The molecule has 0 atom stereocenters. The number of rotatable bonds is 1. The Labute approximate surface area is 105 Å². The van der Waals surface area contributed by atoms with Gasteiger partial charge in [-0.3, -0.25) is 4.79 Å². The third-order valence-corrected chi connectivity index (χ3v) is 3.26. The predicted octanol–water partition coefficient (Wildman–Crippen LogP) is 0.770. The Morgan fingerprint density at radius 2 is 2.22 bits per heavy atom. The van der Waals surface area contributed by atoms with Crippen molar-refractivity contribution in [2.45, 2.75) is 6.42 Å². The number of amides is 1. The zero-order valence-corrected chi connectivity index (χ0v) is 10.2. The Kier molecular flexibility index (Phi) is 2.98. The lowest BCUT2D eigenvalue weighted by molar-refractivity contribution is 0.0766. The zero-order valence-electron chi connectivity index (χ0n) is 10.2. The Morgan fingerprint density at radius 1 is 1.28 bits per heavy atom. The molecule has 2 aromatic heterocycles. The highest BCUT2D eigenvalue weighted by Crippen LogP contribution is 2.09. The minimum Gasteiger partial charge on any atom is -0.337 e. The normalized spacial score (nSPS) is 16.8. The zero-order chi connectivity index (χ0) is 12.4. The van der Waals surface area contributed by atoms with Gasteiger partial charge in [0, 0.05) is 38.2 Å². The molecule has 1 fully saturated rings. The second kappa shape index (κ2) is 4.78. The van der Waals surface area contributed by atoms with Gasteiger partial charge in [0.25, 0.3) is 5.91 Å². The lowest BCUT2D eigenvalue weighted by Gasteiger charge is -2.19. The summed E-state index contributed by atoms with van der Waals surface area (Å²) in [5, 5.41) is 3.30. The van der Waals surface area contributed by atoms with Gasteiger partial charge in [0.1, 0.15) is 5.65 Å². The van der Waals surface area contributed by atoms with Crippen LogP contribution in [0.5, 0.6) is 0 Å². The first kappa shape index (κ1) is 11.2. The van der Waals surface area contributed by atoms with Gasteiger partial charge in [-0.25, -0.2) is 4.98 Å². The number of hydrogen-bond acceptors (Lipinski definition) is 3. The van der Waals surface area contributed by atoms with E-state index in [0.29, 0.717) is 0 Å². The van der Waals surface area contributed by atoms with E-state index in [-0.39, 0.29) is 5.91 Å². The van der Waals surface area contributed by atoms with Gasteiger partial charge in [-0.2, -0.15) is 0 Å². The maximum absolute atomic E-state index is 12.4. The number of carbonyl (C=O) groups is 1. The van der Waals surface area contributed by atoms with Crippen LogP contribution in [0.3, 0.4) is 0 Å². The Hall–Kier alpha value is -1.88. The molecule has 5 heteroatoms. The second-order valence-corrected chi connectivity index (χ2v) is 4.51. The van der Waals surface area contributed by atoms with Crippen molar-refractivity contribution in [2.24, 2.45) is 0 Å². The average Bonchev–Trinajstić information content (AvgIpc) is 2.69. The topological polar surface area (TPSA) is 49.6 Å². The van der Waals surface area contributed by atoms with Crippen molar-refractivity contribution in [3.63, 3.8) is 0 Å². The number of pyridine rings is 1. The number of carbonyl (C=O) groups excluding carboxylic acids is 1. The SMILES string of the molecule is O=C(c1ccc2nccn2c1)N1CCCNCC1. The third kappa shape index (κ3) is 2.09. The maximum atomic E-state index is 12.4. The molecule has 1 amide bonds. The van der Waals surface area contributed by atoms with Crippen LogP contribution in [0.15, 0.2) is 30.7 Å². The molecule has 5 nitrogen and oxygen atoms in total. The van der Waals surface area contributed by atoms with Gasteiger partial charge >= 0.3 is 0 Å². The number of hydrogen-bond donors (Lipinski definition) is 1. The Bertz CT molecular complexity index is 555. The summed E-state index contributed by atoms with van der Waals surface area (Å²) in [5.41, 5.74) is 1.59. The highest BCUT2D eigenvalue weighted by molar-refractivity contribution is 5.94. The summed E-state index contributed by atoms with van der Waals surface area (Å²) in [6.45, 7) is 3.47. The van der Waals surface area contributed by atoms with Crippen molar-refractivity contribution >= 4 is 11.6 Å². The van der Waals surface area contributed by atoms with Crippen LogP contribution < -0.4 is 5.32 Å². The van der Waals surface area contributed by atoms with Crippen molar-refractivity contribution in [1.82, 2.24) is 19.6 Å². The van der Waals surface area contributed by atoms with Crippen LogP contribution in [-0.4, -0.2) is 46.4 Å². The highest BCUT2D eigenvalue weighted by atomic mass is 16.2. The van der Waals surface area contributed by atoms with Crippen LogP contribution >= 0.6 is 0 Å². The fourth-order valence-electron chi connectivity index (χ4n) is 2.28. The quantitative estimate of drug-likeness (QED) is 0.806. The van der Waals surface area contributed by atoms with Gasteiger partial charge in [0.15, 0.2) is 0 Å². The van der Waals surface area contributed by atoms with Gasteiger partial charge in [0.05, 0.1) is 5.56 Å². The average molecular weight is 244 g/mol. The summed E-state index contributed by atoms with van der Waals surface area (Å²) in [7, 11) is 0. The number of nitrogens with zero attached hydrogens (tertiary/aromatic N) is 3. The molecule has 3 heterocycles. The van der Waals surface area contributed by atoms with Crippen LogP contribution in [0.4, 0.5) is 0 Å². The Morgan fingerprint density at radius 3 is 3.17 bits per heavy atom. The molecule has 1 saturated heterocycles. The van der Waals surface area contributed by atoms with Crippen molar-refractivity contribution in [3.05, 3.63) is 36.3 Å². The molecule has 2 aromatic rings. The van der Waals surface area contributed by atoms with Crippen molar-refractivity contribution in [3.8, 4) is 0 Å². The summed E-state index contributed by atoms with van der Waals surface area (Å²) in [6.07, 6.45) is 6.46. The summed E-state index contributed by atoms with van der Waals surface area (Å²) in [4.78, 5) is 18.5. The largest absolute Gasteiger partial charge is 0.337 e. The van der Waals surface area contributed by atoms with Crippen LogP contribution in [0.2, 0.25) is 0 Å². The summed E-state index contributed by atoms with van der Waals surface area (Å²) < 4.78 is 1.88. The van der Waals surface area contributed by atoms with Gasteiger partial charge in [0.2, 0.25) is 0 Å². The molecule has 0 radical (unpaired) electrons. The van der Waals surface area contributed by atoms with Gasteiger partial charge in [-0.1, -0.05) is 0 Å². The van der Waals surface area contributed by atoms with Gasteiger partial charge in [-0.05, 0) is 25.1 Å². The molecule has 0 bridgehead atoms. The number of imidazole rings is 1. The van der Waals surface area contributed by atoms with Crippen molar-refractivity contribution in [2.75, 3.05) is 26.2 Å². The highest BCUT2D eigenvalue weighted by Gasteiger charge is 2.17. The van der Waals surface area contributed by atoms with E-state index in [4.69, 9.17) is 0 Å². The van der Waals surface area contributed by atoms with E-state index in [0.717, 1.165) is 43.8 Å². The molecular formula is C13H16N4O. The number of fused-ring (bicyclic) bond motifs is 1. The molecule has 0 saturated carbocycles. The summed E-state index contributed by atoms with van der Waals surface area (Å²) >= 11 is 0. The third-order valence-electron chi connectivity index (χ3n) is 3.26. The Balaban J connectivity index is 1.85. The first-order chi connectivity index (χ1) is 8.84. The van der Waals surface area contributed by atoms with Crippen LogP contribution in [0.25, 0.3) is 5.65 Å². The standard InChI is InChI=1S/C13H16N4O/c18-13(16-7-1-4-14-5-8-16)11-2-3-12-15-6-9-17(12)10-11/h2-3,6,9-10,14H,1,4-5,7-8H2. The fourth-order valence-corrected chi connectivity index (χ4v) is 2.28. The molecule has 0 unspecified atom stereocenters. The maximum Gasteiger partial charge on any atom is 0.255 e. The molecule has 1 N–H and O–H groups in total.